The van der Waals surface area contributed by atoms with Gasteiger partial charge in [-0.05, 0) is 38.0 Å². The van der Waals surface area contributed by atoms with Crippen molar-refractivity contribution in [2.24, 2.45) is 0 Å². The molecular formula is C25H28F4N6O. The Labute approximate surface area is 207 Å². The van der Waals surface area contributed by atoms with Crippen molar-refractivity contribution in [3.8, 4) is 11.4 Å². The lowest BCUT2D eigenvalue weighted by Gasteiger charge is -2.40. The van der Waals surface area contributed by atoms with E-state index in [1.165, 1.54) is 24.5 Å². The molecule has 1 amide bonds. The molecule has 0 radical (unpaired) electrons. The van der Waals surface area contributed by atoms with Gasteiger partial charge in [-0.15, -0.1) is 0 Å². The van der Waals surface area contributed by atoms with E-state index in [1.807, 2.05) is 20.8 Å². The van der Waals surface area contributed by atoms with E-state index in [0.717, 1.165) is 6.20 Å². The van der Waals surface area contributed by atoms with Crippen LogP contribution in [0.25, 0.3) is 11.4 Å². The van der Waals surface area contributed by atoms with Gasteiger partial charge in [-0.1, -0.05) is 19.9 Å². The molecule has 0 aliphatic heterocycles. The van der Waals surface area contributed by atoms with E-state index in [2.05, 4.69) is 19.9 Å². The molecule has 0 bridgehead atoms. The van der Waals surface area contributed by atoms with Crippen molar-refractivity contribution in [2.45, 2.75) is 51.9 Å². The summed E-state index contributed by atoms with van der Waals surface area (Å²) in [5.74, 6) is -0.648. The van der Waals surface area contributed by atoms with Crippen LogP contribution >= 0.6 is 0 Å². The molecule has 3 rings (SSSR count). The molecule has 2 aromatic heterocycles. The smallest absolute Gasteiger partial charge is 0.353 e. The Morgan fingerprint density at radius 2 is 1.61 bits per heavy atom. The van der Waals surface area contributed by atoms with E-state index in [4.69, 9.17) is 0 Å². The Hall–Kier alpha value is -3.63. The number of likely N-dealkylation sites (N-methyl/N-ethyl adjacent to an activating group) is 2. The SMILES string of the molecule is CCC(C(CC)N(C)c1cnc(C(F)(F)F)cn1)N(CC)C(=O)c1cccc(F)c1-c1ncccn1. The van der Waals surface area contributed by atoms with Crippen LogP contribution < -0.4 is 4.90 Å². The third-order valence-corrected chi connectivity index (χ3v) is 6.10. The second-order valence-corrected chi connectivity index (χ2v) is 8.15. The number of anilines is 1. The molecule has 1 aromatic carbocycles. The Balaban J connectivity index is 1.96. The summed E-state index contributed by atoms with van der Waals surface area (Å²) >= 11 is 0. The number of hydrogen-bond acceptors (Lipinski definition) is 6. The number of halogens is 4. The van der Waals surface area contributed by atoms with E-state index in [1.54, 1.807) is 29.0 Å². The molecule has 192 valence electrons. The van der Waals surface area contributed by atoms with Crippen LogP contribution in [0.3, 0.4) is 0 Å². The summed E-state index contributed by atoms with van der Waals surface area (Å²) in [7, 11) is 1.71. The number of carbonyl (C=O) groups excluding carboxylic acids is 1. The standard InChI is InChI=1S/C25H28F4N6O/c1-5-18(34(4)21-15-32-20(14-33-21)25(27,28)29)19(6-2)35(7-3)24(36)16-10-8-11-17(26)22(16)23-30-12-9-13-31-23/h8-15,18-19H,5-7H2,1-4H3. The van der Waals surface area contributed by atoms with E-state index in [-0.39, 0.29) is 34.9 Å². The summed E-state index contributed by atoms with van der Waals surface area (Å²) in [5.41, 5.74) is -0.924. The lowest BCUT2D eigenvalue weighted by atomic mass is 9.97. The minimum absolute atomic E-state index is 0.0198. The third-order valence-electron chi connectivity index (χ3n) is 6.10. The Bertz CT molecular complexity index is 1160. The monoisotopic (exact) mass is 504 g/mol. The molecule has 2 heterocycles. The van der Waals surface area contributed by atoms with Crippen molar-refractivity contribution in [1.29, 1.82) is 0 Å². The largest absolute Gasteiger partial charge is 0.434 e. The van der Waals surface area contributed by atoms with E-state index in [0.29, 0.717) is 25.6 Å². The molecule has 36 heavy (non-hydrogen) atoms. The van der Waals surface area contributed by atoms with Crippen molar-refractivity contribution < 1.29 is 22.4 Å². The van der Waals surface area contributed by atoms with E-state index in [9.17, 15) is 22.4 Å². The maximum Gasteiger partial charge on any atom is 0.434 e. The van der Waals surface area contributed by atoms with Gasteiger partial charge in [-0.2, -0.15) is 13.2 Å². The number of alkyl halides is 3. The molecule has 2 unspecified atom stereocenters. The first kappa shape index (κ1) is 27.0. The van der Waals surface area contributed by atoms with Gasteiger partial charge >= 0.3 is 6.18 Å². The van der Waals surface area contributed by atoms with Gasteiger partial charge in [0.05, 0.1) is 35.6 Å². The highest BCUT2D eigenvalue weighted by Crippen LogP contribution is 2.30. The first-order chi connectivity index (χ1) is 17.1. The van der Waals surface area contributed by atoms with Crippen LogP contribution in [0.15, 0.2) is 49.1 Å². The molecule has 7 nitrogen and oxygen atoms in total. The van der Waals surface area contributed by atoms with Crippen LogP contribution in [0.1, 0.15) is 49.7 Å². The molecule has 2 atom stereocenters. The van der Waals surface area contributed by atoms with Crippen LogP contribution in [-0.4, -0.2) is 56.4 Å². The summed E-state index contributed by atoms with van der Waals surface area (Å²) in [6, 6.07) is 5.21. The average Bonchev–Trinajstić information content (AvgIpc) is 2.88. The summed E-state index contributed by atoms with van der Waals surface area (Å²) in [6.07, 6.45) is 1.25. The summed E-state index contributed by atoms with van der Waals surface area (Å²) < 4.78 is 53.6. The highest BCUT2D eigenvalue weighted by Gasteiger charge is 2.35. The molecular weight excluding hydrogens is 476 g/mol. The second-order valence-electron chi connectivity index (χ2n) is 8.15. The predicted octanol–water partition coefficient (Wildman–Crippen LogP) is 5.25. The highest BCUT2D eigenvalue weighted by molar-refractivity contribution is 6.00. The first-order valence-electron chi connectivity index (χ1n) is 11.6. The minimum atomic E-state index is -4.59. The molecule has 0 spiro atoms. The fourth-order valence-electron chi connectivity index (χ4n) is 4.37. The average molecular weight is 505 g/mol. The third kappa shape index (κ3) is 5.60. The summed E-state index contributed by atoms with van der Waals surface area (Å²) in [5, 5.41) is 0. The van der Waals surface area contributed by atoms with Crippen molar-refractivity contribution in [3.63, 3.8) is 0 Å². The lowest BCUT2D eigenvalue weighted by molar-refractivity contribution is -0.141. The fraction of sp³-hybridized carbons (Fsp3) is 0.400. The fourth-order valence-corrected chi connectivity index (χ4v) is 4.37. The van der Waals surface area contributed by atoms with Crippen molar-refractivity contribution in [3.05, 3.63) is 66.1 Å². The van der Waals surface area contributed by atoms with Gasteiger partial charge in [0, 0.05) is 26.0 Å². The number of aromatic nitrogens is 4. The molecule has 0 aliphatic carbocycles. The summed E-state index contributed by atoms with van der Waals surface area (Å²) in [6.45, 7) is 5.99. The van der Waals surface area contributed by atoms with Crippen LogP contribution in [-0.2, 0) is 6.18 Å². The second kappa shape index (κ2) is 11.4. The number of carbonyl (C=O) groups is 1. The van der Waals surface area contributed by atoms with Crippen molar-refractivity contribution in [1.82, 2.24) is 24.8 Å². The van der Waals surface area contributed by atoms with Gasteiger partial charge in [-0.3, -0.25) is 4.79 Å². The Morgan fingerprint density at radius 1 is 0.944 bits per heavy atom. The van der Waals surface area contributed by atoms with E-state index < -0.39 is 23.6 Å². The number of rotatable bonds is 9. The van der Waals surface area contributed by atoms with Crippen molar-refractivity contribution in [2.75, 3.05) is 18.5 Å². The lowest BCUT2D eigenvalue weighted by Crippen LogP contribution is -2.52. The topological polar surface area (TPSA) is 75.1 Å². The normalized spacial score (nSPS) is 13.2. The maximum absolute atomic E-state index is 14.9. The maximum atomic E-state index is 14.9. The number of nitrogens with zero attached hydrogens (tertiary/aromatic N) is 6. The number of amides is 1. The molecule has 0 fully saturated rings. The van der Waals surface area contributed by atoms with Gasteiger partial charge < -0.3 is 9.80 Å². The van der Waals surface area contributed by atoms with Crippen LogP contribution in [0.5, 0.6) is 0 Å². The Morgan fingerprint density at radius 3 is 2.14 bits per heavy atom. The predicted molar refractivity (Wildman–Crippen MR) is 128 cm³/mol. The summed E-state index contributed by atoms with van der Waals surface area (Å²) in [4.78, 5) is 32.9. The van der Waals surface area contributed by atoms with Gasteiger partial charge in [0.15, 0.2) is 11.5 Å². The molecule has 0 saturated carbocycles. The van der Waals surface area contributed by atoms with Gasteiger partial charge in [0.1, 0.15) is 11.6 Å². The van der Waals surface area contributed by atoms with Crippen LogP contribution in [0.4, 0.5) is 23.4 Å². The molecule has 0 N–H and O–H groups in total. The molecule has 11 heteroatoms. The molecule has 0 aliphatic rings. The molecule has 0 saturated heterocycles. The van der Waals surface area contributed by atoms with Crippen LogP contribution in [0, 0.1) is 5.82 Å². The quantitative estimate of drug-likeness (QED) is 0.371. The van der Waals surface area contributed by atoms with Gasteiger partial charge in [0.2, 0.25) is 0 Å². The Kier molecular flexibility index (Phi) is 8.54. The van der Waals surface area contributed by atoms with Crippen molar-refractivity contribution >= 4 is 11.7 Å². The van der Waals surface area contributed by atoms with E-state index >= 15 is 0 Å². The van der Waals surface area contributed by atoms with Crippen LogP contribution in [0.2, 0.25) is 0 Å². The molecule has 3 aromatic rings. The highest BCUT2D eigenvalue weighted by atomic mass is 19.4. The first-order valence-corrected chi connectivity index (χ1v) is 11.6. The minimum Gasteiger partial charge on any atom is -0.353 e. The zero-order chi connectivity index (χ0) is 26.5. The zero-order valence-corrected chi connectivity index (χ0v) is 20.5. The number of benzene rings is 1. The zero-order valence-electron chi connectivity index (χ0n) is 20.5. The van der Waals surface area contributed by atoms with Gasteiger partial charge in [-0.25, -0.2) is 24.3 Å². The number of hydrogen-bond donors (Lipinski definition) is 0. The van der Waals surface area contributed by atoms with Gasteiger partial charge in [0.25, 0.3) is 5.91 Å².